The maximum absolute atomic E-state index is 12.1. The van der Waals surface area contributed by atoms with Gasteiger partial charge in [-0.2, -0.15) is 5.26 Å². The fourth-order valence-corrected chi connectivity index (χ4v) is 2.74. The number of amides is 1. The standard InChI is InChI=1S/C17H21ClN6O2S/c1-11(2)17(3,10-19)21-15(25)9-27-16-23-22-14(24(16)20)8-26-13-6-4-12(18)5-7-13/h4-7,11H,8-9,20H2,1-3H3,(H,21,25)/t17-/m1/s1. The van der Waals surface area contributed by atoms with E-state index < -0.39 is 5.54 Å². The predicted molar refractivity (Wildman–Crippen MR) is 104 cm³/mol. The van der Waals surface area contributed by atoms with Crippen molar-refractivity contribution in [2.45, 2.75) is 38.1 Å². The van der Waals surface area contributed by atoms with Crippen LogP contribution >= 0.6 is 23.4 Å². The fraction of sp³-hybridized carbons (Fsp3) is 0.412. The van der Waals surface area contributed by atoms with Gasteiger partial charge in [0.1, 0.15) is 17.9 Å². The zero-order valence-corrected chi connectivity index (χ0v) is 16.8. The van der Waals surface area contributed by atoms with Crippen molar-refractivity contribution < 1.29 is 9.53 Å². The summed E-state index contributed by atoms with van der Waals surface area (Å²) in [7, 11) is 0. The number of nitrogens with two attached hydrogens (primary N) is 1. The molecule has 27 heavy (non-hydrogen) atoms. The van der Waals surface area contributed by atoms with Crippen LogP contribution in [0.15, 0.2) is 29.4 Å². The number of nitrogen functional groups attached to an aromatic ring is 1. The molecule has 1 aromatic carbocycles. The van der Waals surface area contributed by atoms with Crippen LogP contribution in [0.5, 0.6) is 5.75 Å². The molecule has 0 bridgehead atoms. The van der Waals surface area contributed by atoms with Crippen LogP contribution in [0.25, 0.3) is 0 Å². The number of nitriles is 1. The van der Waals surface area contributed by atoms with Crippen LogP contribution in [0.1, 0.15) is 26.6 Å². The molecule has 0 aliphatic carbocycles. The largest absolute Gasteiger partial charge is 0.486 e. The molecule has 10 heteroatoms. The van der Waals surface area contributed by atoms with Crippen molar-refractivity contribution >= 4 is 29.3 Å². The molecule has 1 aromatic heterocycles. The summed E-state index contributed by atoms with van der Waals surface area (Å²) in [5.41, 5.74) is -0.925. The molecule has 2 rings (SSSR count). The topological polar surface area (TPSA) is 119 Å². The van der Waals surface area contributed by atoms with E-state index in [1.54, 1.807) is 31.2 Å². The van der Waals surface area contributed by atoms with E-state index in [1.807, 2.05) is 13.8 Å². The molecule has 8 nitrogen and oxygen atoms in total. The van der Waals surface area contributed by atoms with Gasteiger partial charge in [-0.1, -0.05) is 37.2 Å². The smallest absolute Gasteiger partial charge is 0.231 e. The Kier molecular flexibility index (Phi) is 6.93. The van der Waals surface area contributed by atoms with Crippen LogP contribution in [0.4, 0.5) is 0 Å². The van der Waals surface area contributed by atoms with Crippen LogP contribution in [-0.4, -0.2) is 32.1 Å². The van der Waals surface area contributed by atoms with Crippen molar-refractivity contribution in [3.8, 4) is 11.8 Å². The average molecular weight is 409 g/mol. The minimum Gasteiger partial charge on any atom is -0.486 e. The highest BCUT2D eigenvalue weighted by atomic mass is 35.5. The third-order valence-corrected chi connectivity index (χ3v) is 5.23. The second-order valence-corrected chi connectivity index (χ2v) is 7.70. The molecule has 0 fully saturated rings. The van der Waals surface area contributed by atoms with E-state index in [0.717, 1.165) is 11.8 Å². The number of aromatic nitrogens is 3. The van der Waals surface area contributed by atoms with E-state index in [0.29, 0.717) is 21.8 Å². The van der Waals surface area contributed by atoms with Gasteiger partial charge < -0.3 is 15.9 Å². The lowest BCUT2D eigenvalue weighted by Gasteiger charge is -2.27. The van der Waals surface area contributed by atoms with Gasteiger partial charge in [0.25, 0.3) is 0 Å². The van der Waals surface area contributed by atoms with Gasteiger partial charge in [0.15, 0.2) is 5.82 Å². The summed E-state index contributed by atoms with van der Waals surface area (Å²) in [4.78, 5) is 12.1. The van der Waals surface area contributed by atoms with Gasteiger partial charge in [0.2, 0.25) is 11.1 Å². The molecule has 0 aliphatic heterocycles. The van der Waals surface area contributed by atoms with Crippen molar-refractivity contribution in [3.63, 3.8) is 0 Å². The highest BCUT2D eigenvalue weighted by Crippen LogP contribution is 2.19. The first-order valence-corrected chi connectivity index (χ1v) is 9.54. The lowest BCUT2D eigenvalue weighted by molar-refractivity contribution is -0.120. The van der Waals surface area contributed by atoms with Crippen LogP contribution in [-0.2, 0) is 11.4 Å². The summed E-state index contributed by atoms with van der Waals surface area (Å²) in [5.74, 6) is 6.77. The molecule has 1 amide bonds. The van der Waals surface area contributed by atoms with Crippen LogP contribution in [0.3, 0.4) is 0 Å². The molecule has 0 unspecified atom stereocenters. The van der Waals surface area contributed by atoms with Gasteiger partial charge in [0, 0.05) is 5.02 Å². The van der Waals surface area contributed by atoms with Crippen molar-refractivity contribution in [2.24, 2.45) is 5.92 Å². The number of halogens is 1. The van der Waals surface area contributed by atoms with Crippen molar-refractivity contribution in [2.75, 3.05) is 11.6 Å². The Morgan fingerprint density at radius 2 is 2.11 bits per heavy atom. The van der Waals surface area contributed by atoms with E-state index in [1.165, 1.54) is 4.68 Å². The highest BCUT2D eigenvalue weighted by Gasteiger charge is 2.30. The number of rotatable bonds is 8. The number of nitrogens with zero attached hydrogens (tertiary/aromatic N) is 4. The molecule has 0 radical (unpaired) electrons. The number of thioether (sulfide) groups is 1. The van der Waals surface area contributed by atoms with Crippen LogP contribution < -0.4 is 15.9 Å². The molecule has 0 saturated heterocycles. The summed E-state index contributed by atoms with van der Waals surface area (Å²) in [6.45, 7) is 5.57. The maximum Gasteiger partial charge on any atom is 0.231 e. The highest BCUT2D eigenvalue weighted by molar-refractivity contribution is 7.99. The molecule has 144 valence electrons. The van der Waals surface area contributed by atoms with E-state index in [9.17, 15) is 10.1 Å². The van der Waals surface area contributed by atoms with Crippen molar-refractivity contribution in [1.29, 1.82) is 5.26 Å². The lowest BCUT2D eigenvalue weighted by Crippen LogP contribution is -2.49. The molecule has 0 aliphatic rings. The van der Waals surface area contributed by atoms with Gasteiger partial charge in [0.05, 0.1) is 11.8 Å². The van der Waals surface area contributed by atoms with Crippen LogP contribution in [0, 0.1) is 17.2 Å². The van der Waals surface area contributed by atoms with E-state index in [2.05, 4.69) is 21.6 Å². The lowest BCUT2D eigenvalue weighted by atomic mass is 9.90. The summed E-state index contributed by atoms with van der Waals surface area (Å²) < 4.78 is 6.86. The van der Waals surface area contributed by atoms with Crippen molar-refractivity contribution in [1.82, 2.24) is 20.2 Å². The summed E-state index contributed by atoms with van der Waals surface area (Å²) in [6, 6.07) is 9.04. The Labute approximate surface area is 167 Å². The first-order valence-electron chi connectivity index (χ1n) is 8.18. The average Bonchev–Trinajstić information content (AvgIpc) is 2.99. The molecule has 2 aromatic rings. The van der Waals surface area contributed by atoms with Gasteiger partial charge >= 0.3 is 0 Å². The van der Waals surface area contributed by atoms with E-state index >= 15 is 0 Å². The van der Waals surface area contributed by atoms with Gasteiger partial charge in [-0.3, -0.25) is 4.79 Å². The Morgan fingerprint density at radius 3 is 2.70 bits per heavy atom. The molecule has 3 N–H and O–H groups in total. The number of carbonyl (C=O) groups is 1. The second kappa shape index (κ2) is 8.97. The van der Waals surface area contributed by atoms with Gasteiger partial charge in [-0.15, -0.1) is 10.2 Å². The number of nitrogens with one attached hydrogen (secondary N) is 1. The maximum atomic E-state index is 12.1. The fourth-order valence-electron chi connectivity index (χ4n) is 1.94. The number of benzene rings is 1. The summed E-state index contributed by atoms with van der Waals surface area (Å²) in [5, 5.41) is 20.9. The Morgan fingerprint density at radius 1 is 1.44 bits per heavy atom. The second-order valence-electron chi connectivity index (χ2n) is 6.32. The molecule has 0 spiro atoms. The first kappa shape index (κ1) is 20.9. The van der Waals surface area contributed by atoms with Crippen molar-refractivity contribution in [3.05, 3.63) is 35.1 Å². The predicted octanol–water partition coefficient (Wildman–Crippen LogP) is 2.37. The SMILES string of the molecule is CC(C)[C@@](C)(C#N)NC(=O)CSc1nnc(COc2ccc(Cl)cc2)n1N. The quantitative estimate of drug-likeness (QED) is 0.508. The number of ether oxygens (including phenoxy) is 1. The first-order chi connectivity index (χ1) is 12.7. The molecule has 1 atom stereocenters. The minimum atomic E-state index is -0.925. The van der Waals surface area contributed by atoms with Gasteiger partial charge in [-0.25, -0.2) is 4.68 Å². The third kappa shape index (κ3) is 5.52. The van der Waals surface area contributed by atoms with Gasteiger partial charge in [-0.05, 0) is 37.1 Å². The third-order valence-electron chi connectivity index (χ3n) is 4.04. The molecule has 1 heterocycles. The monoisotopic (exact) mass is 408 g/mol. The number of carbonyl (C=O) groups excluding carboxylic acids is 1. The van der Waals surface area contributed by atoms with E-state index in [4.69, 9.17) is 22.2 Å². The normalized spacial score (nSPS) is 13.0. The zero-order valence-electron chi connectivity index (χ0n) is 15.3. The summed E-state index contributed by atoms with van der Waals surface area (Å²) >= 11 is 6.96. The Balaban J connectivity index is 1.90. The molecular weight excluding hydrogens is 388 g/mol. The minimum absolute atomic E-state index is 0.0220. The van der Waals surface area contributed by atoms with Crippen LogP contribution in [0.2, 0.25) is 5.02 Å². The number of hydrogen-bond donors (Lipinski definition) is 2. The molecule has 0 saturated carbocycles. The Bertz CT molecular complexity index is 833. The Hall–Kier alpha value is -2.44. The van der Waals surface area contributed by atoms with E-state index in [-0.39, 0.29) is 24.2 Å². The summed E-state index contributed by atoms with van der Waals surface area (Å²) in [6.07, 6.45) is 0. The zero-order chi connectivity index (χ0) is 20.0. The molecular formula is C17H21ClN6O2S. The number of hydrogen-bond acceptors (Lipinski definition) is 7.